The molecule has 2 heterocycles. The minimum absolute atomic E-state index is 0.129. The molecule has 1 atom stereocenters. The first kappa shape index (κ1) is 19.6. The highest BCUT2D eigenvalue weighted by Gasteiger charge is 2.49. The number of nitrogens with zero attached hydrogens (tertiary/aromatic N) is 1. The van der Waals surface area contributed by atoms with E-state index < -0.39 is 40.8 Å². The van der Waals surface area contributed by atoms with E-state index >= 15 is 0 Å². The molecule has 1 fully saturated rings. The Labute approximate surface area is 170 Å². The van der Waals surface area contributed by atoms with Crippen molar-refractivity contribution in [2.24, 2.45) is 0 Å². The number of hydrogen-bond donors (Lipinski definition) is 1. The zero-order valence-corrected chi connectivity index (χ0v) is 16.1. The SMILES string of the molecule is Cc1ccc(C)c(/C(O)=C2/C(=O)C(=O)N(c3cc(F)ccc3F)C2c2ccco2)c1. The molecule has 1 aliphatic rings. The van der Waals surface area contributed by atoms with Crippen molar-refractivity contribution in [3.63, 3.8) is 0 Å². The Kier molecular flexibility index (Phi) is 4.73. The van der Waals surface area contributed by atoms with Crippen LogP contribution in [0, 0.1) is 25.5 Å². The van der Waals surface area contributed by atoms with Gasteiger partial charge in [-0.05, 0) is 49.7 Å². The number of benzene rings is 2. The van der Waals surface area contributed by atoms with Crippen molar-refractivity contribution in [1.82, 2.24) is 0 Å². The van der Waals surface area contributed by atoms with Gasteiger partial charge in [0, 0.05) is 11.6 Å². The Balaban J connectivity index is 1.99. The Hall–Kier alpha value is -3.74. The van der Waals surface area contributed by atoms with Crippen LogP contribution in [0.4, 0.5) is 14.5 Å². The molecule has 152 valence electrons. The largest absolute Gasteiger partial charge is 0.507 e. The minimum atomic E-state index is -1.25. The predicted molar refractivity (Wildman–Crippen MR) is 106 cm³/mol. The van der Waals surface area contributed by atoms with Crippen molar-refractivity contribution in [3.05, 3.63) is 94.5 Å². The average Bonchev–Trinajstić information content (AvgIpc) is 3.33. The number of furan rings is 1. The van der Waals surface area contributed by atoms with Crippen molar-refractivity contribution < 1.29 is 27.9 Å². The number of halogens is 2. The van der Waals surface area contributed by atoms with Crippen molar-refractivity contribution in [2.45, 2.75) is 19.9 Å². The van der Waals surface area contributed by atoms with Crippen LogP contribution in [0.5, 0.6) is 0 Å². The molecule has 2 aromatic carbocycles. The van der Waals surface area contributed by atoms with Crippen LogP contribution in [0.15, 0.2) is 64.8 Å². The molecule has 0 saturated carbocycles. The molecule has 0 spiro atoms. The van der Waals surface area contributed by atoms with E-state index in [0.29, 0.717) is 11.1 Å². The van der Waals surface area contributed by atoms with Gasteiger partial charge in [-0.2, -0.15) is 0 Å². The van der Waals surface area contributed by atoms with E-state index in [2.05, 4.69) is 0 Å². The van der Waals surface area contributed by atoms with Crippen molar-refractivity contribution in [3.8, 4) is 0 Å². The number of aryl methyl sites for hydroxylation is 2. The average molecular weight is 409 g/mol. The van der Waals surface area contributed by atoms with Gasteiger partial charge in [0.1, 0.15) is 29.2 Å². The quantitative estimate of drug-likeness (QED) is 0.383. The lowest BCUT2D eigenvalue weighted by molar-refractivity contribution is -0.132. The van der Waals surface area contributed by atoms with Gasteiger partial charge < -0.3 is 9.52 Å². The van der Waals surface area contributed by atoms with Crippen LogP contribution in [0.25, 0.3) is 5.76 Å². The van der Waals surface area contributed by atoms with Crippen molar-refractivity contribution >= 4 is 23.1 Å². The molecule has 0 bridgehead atoms. The summed E-state index contributed by atoms with van der Waals surface area (Å²) in [7, 11) is 0. The van der Waals surface area contributed by atoms with E-state index in [1.807, 2.05) is 13.0 Å². The normalized spacial score (nSPS) is 18.3. The first-order valence-corrected chi connectivity index (χ1v) is 9.16. The molecule has 5 nitrogen and oxygen atoms in total. The van der Waals surface area contributed by atoms with Crippen LogP contribution < -0.4 is 4.90 Å². The monoisotopic (exact) mass is 409 g/mol. The molecule has 3 aromatic rings. The second-order valence-corrected chi connectivity index (χ2v) is 7.10. The molecular weight excluding hydrogens is 392 g/mol. The zero-order valence-electron chi connectivity index (χ0n) is 16.1. The second kappa shape index (κ2) is 7.26. The number of carbonyl (C=O) groups excluding carboxylic acids is 2. The van der Waals surface area contributed by atoms with E-state index in [9.17, 15) is 23.5 Å². The summed E-state index contributed by atoms with van der Waals surface area (Å²) in [6, 6.07) is 9.68. The standard InChI is InChI=1S/C23H17F2NO4/c1-12-5-6-13(2)15(10-12)21(27)19-20(18-4-3-9-30-18)26(23(29)22(19)28)17-11-14(24)7-8-16(17)25/h3-11,20,27H,1-2H3/b21-19-. The van der Waals surface area contributed by atoms with Crippen LogP contribution in [-0.4, -0.2) is 16.8 Å². The van der Waals surface area contributed by atoms with Gasteiger partial charge in [0.2, 0.25) is 0 Å². The predicted octanol–water partition coefficient (Wildman–Crippen LogP) is 4.80. The lowest BCUT2D eigenvalue weighted by Gasteiger charge is -2.24. The number of ketones is 1. The van der Waals surface area contributed by atoms with Gasteiger partial charge in [0.15, 0.2) is 0 Å². The molecule has 0 aliphatic carbocycles. The molecule has 7 heteroatoms. The number of amides is 1. The highest BCUT2D eigenvalue weighted by molar-refractivity contribution is 6.51. The fourth-order valence-electron chi connectivity index (χ4n) is 3.60. The molecule has 1 N–H and O–H groups in total. The van der Waals surface area contributed by atoms with Gasteiger partial charge in [-0.15, -0.1) is 0 Å². The van der Waals surface area contributed by atoms with Crippen molar-refractivity contribution in [1.29, 1.82) is 0 Å². The third-order valence-electron chi connectivity index (χ3n) is 5.07. The maximum Gasteiger partial charge on any atom is 0.300 e. The molecule has 30 heavy (non-hydrogen) atoms. The number of aliphatic hydroxyl groups is 1. The molecular formula is C23H17F2NO4. The Morgan fingerprint density at radius 2 is 1.83 bits per heavy atom. The summed E-state index contributed by atoms with van der Waals surface area (Å²) in [6.45, 7) is 3.57. The molecule has 1 saturated heterocycles. The number of rotatable bonds is 3. The van der Waals surface area contributed by atoms with E-state index in [4.69, 9.17) is 4.42 Å². The number of carbonyl (C=O) groups is 2. The second-order valence-electron chi connectivity index (χ2n) is 7.10. The summed E-state index contributed by atoms with van der Waals surface area (Å²) < 4.78 is 33.8. The third kappa shape index (κ3) is 3.08. The third-order valence-corrected chi connectivity index (χ3v) is 5.07. The van der Waals surface area contributed by atoms with Crippen LogP contribution in [0.3, 0.4) is 0 Å². The maximum atomic E-state index is 14.5. The lowest BCUT2D eigenvalue weighted by atomic mass is 9.96. The van der Waals surface area contributed by atoms with E-state index in [1.165, 1.54) is 18.4 Å². The number of anilines is 1. The van der Waals surface area contributed by atoms with Gasteiger partial charge in [-0.25, -0.2) is 8.78 Å². The first-order chi connectivity index (χ1) is 14.3. The van der Waals surface area contributed by atoms with Gasteiger partial charge in [-0.3, -0.25) is 14.5 Å². The molecule has 4 rings (SSSR count). The van der Waals surface area contributed by atoms with Crippen LogP contribution in [0.2, 0.25) is 0 Å². The summed E-state index contributed by atoms with van der Waals surface area (Å²) in [6.07, 6.45) is 1.33. The van der Waals surface area contributed by atoms with Crippen LogP contribution in [-0.2, 0) is 9.59 Å². The fraction of sp³-hybridized carbons (Fsp3) is 0.130. The van der Waals surface area contributed by atoms with E-state index in [0.717, 1.165) is 28.7 Å². The van der Waals surface area contributed by atoms with Gasteiger partial charge >= 0.3 is 0 Å². The summed E-state index contributed by atoms with van der Waals surface area (Å²) >= 11 is 0. The van der Waals surface area contributed by atoms with Crippen molar-refractivity contribution in [2.75, 3.05) is 4.90 Å². The Bertz CT molecular complexity index is 1200. The summed E-state index contributed by atoms with van der Waals surface area (Å²) in [5.41, 5.74) is 1.21. The lowest BCUT2D eigenvalue weighted by Crippen LogP contribution is -2.30. The Morgan fingerprint density at radius 3 is 2.53 bits per heavy atom. The van der Waals surface area contributed by atoms with Crippen LogP contribution >= 0.6 is 0 Å². The molecule has 1 aliphatic heterocycles. The number of aliphatic hydroxyl groups excluding tert-OH is 1. The smallest absolute Gasteiger partial charge is 0.300 e. The van der Waals surface area contributed by atoms with Gasteiger partial charge in [0.05, 0.1) is 17.5 Å². The first-order valence-electron chi connectivity index (χ1n) is 9.16. The highest BCUT2D eigenvalue weighted by atomic mass is 19.1. The topological polar surface area (TPSA) is 70.8 Å². The number of hydrogen-bond acceptors (Lipinski definition) is 4. The van der Waals surface area contributed by atoms with Crippen LogP contribution in [0.1, 0.15) is 28.5 Å². The minimum Gasteiger partial charge on any atom is -0.507 e. The van der Waals surface area contributed by atoms with E-state index in [-0.39, 0.29) is 11.3 Å². The van der Waals surface area contributed by atoms with Gasteiger partial charge in [-0.1, -0.05) is 17.7 Å². The summed E-state index contributed by atoms with van der Waals surface area (Å²) in [4.78, 5) is 26.6. The summed E-state index contributed by atoms with van der Waals surface area (Å²) in [5, 5.41) is 11.0. The molecule has 1 unspecified atom stereocenters. The molecule has 1 aromatic heterocycles. The molecule has 1 amide bonds. The van der Waals surface area contributed by atoms with E-state index in [1.54, 1.807) is 19.1 Å². The number of Topliss-reactive ketones (excluding diaryl/α,β-unsaturated/α-hetero) is 1. The molecule has 0 radical (unpaired) electrons. The van der Waals surface area contributed by atoms with Gasteiger partial charge in [0.25, 0.3) is 11.7 Å². The Morgan fingerprint density at radius 1 is 1.07 bits per heavy atom. The maximum absolute atomic E-state index is 14.5. The fourth-order valence-corrected chi connectivity index (χ4v) is 3.60. The summed E-state index contributed by atoms with van der Waals surface area (Å²) in [5.74, 6) is -4.05. The zero-order chi connectivity index (χ0) is 21.6. The highest BCUT2D eigenvalue weighted by Crippen LogP contribution is 2.43.